The summed E-state index contributed by atoms with van der Waals surface area (Å²) < 4.78 is 0. The van der Waals surface area contributed by atoms with Crippen LogP contribution in [0.25, 0.3) is 0 Å². The second-order valence-corrected chi connectivity index (χ2v) is 4.50. The molecule has 0 unspecified atom stereocenters. The van der Waals surface area contributed by atoms with Crippen LogP contribution >= 0.6 is 0 Å². The van der Waals surface area contributed by atoms with E-state index in [0.29, 0.717) is 11.6 Å². The summed E-state index contributed by atoms with van der Waals surface area (Å²) in [4.78, 5) is 0. The molecule has 4 nitrogen and oxygen atoms in total. The van der Waals surface area contributed by atoms with Crippen molar-refractivity contribution in [2.75, 3.05) is 10.7 Å². The van der Waals surface area contributed by atoms with E-state index in [9.17, 15) is 0 Å². The van der Waals surface area contributed by atoms with Crippen LogP contribution in [0.5, 0.6) is 0 Å². The Labute approximate surface area is 102 Å². The van der Waals surface area contributed by atoms with Gasteiger partial charge in [-0.15, -0.1) is 0 Å². The highest BCUT2D eigenvalue weighted by Crippen LogP contribution is 2.25. The maximum atomic E-state index is 9.07. The van der Waals surface area contributed by atoms with E-state index in [0.717, 1.165) is 11.4 Å². The minimum atomic E-state index is 0.490. The van der Waals surface area contributed by atoms with Crippen molar-refractivity contribution in [1.29, 1.82) is 5.26 Å². The molecule has 1 aromatic rings. The van der Waals surface area contributed by atoms with E-state index in [4.69, 9.17) is 11.1 Å². The second kappa shape index (κ2) is 5.55. The summed E-state index contributed by atoms with van der Waals surface area (Å²) >= 11 is 0. The predicted molar refractivity (Wildman–Crippen MR) is 69.5 cm³/mol. The van der Waals surface area contributed by atoms with Crippen molar-refractivity contribution in [3.8, 4) is 6.07 Å². The quantitative estimate of drug-likeness (QED) is 0.551. The predicted octanol–water partition coefficient (Wildman–Crippen LogP) is 2.59. The molecule has 1 aliphatic carbocycles. The van der Waals surface area contributed by atoms with Crippen LogP contribution in [0.1, 0.15) is 37.7 Å². The molecule has 0 bridgehead atoms. The largest absolute Gasteiger partial charge is 0.381 e. The third-order valence-electron chi connectivity index (χ3n) is 3.27. The summed E-state index contributed by atoms with van der Waals surface area (Å²) in [5.74, 6) is 5.38. The molecule has 1 aliphatic rings. The molecule has 2 rings (SSSR count). The number of nitrogens with zero attached hydrogens (tertiary/aromatic N) is 1. The molecular formula is C13H18N4. The molecular weight excluding hydrogens is 212 g/mol. The number of nitrogens with one attached hydrogen (secondary N) is 2. The lowest BCUT2D eigenvalue weighted by Crippen LogP contribution is -2.22. The first-order valence-electron chi connectivity index (χ1n) is 6.11. The highest BCUT2D eigenvalue weighted by atomic mass is 15.2. The summed E-state index contributed by atoms with van der Waals surface area (Å²) in [5.41, 5.74) is 4.99. The van der Waals surface area contributed by atoms with Crippen LogP contribution in [0.2, 0.25) is 0 Å². The number of rotatable bonds is 3. The molecule has 0 aliphatic heterocycles. The first-order chi connectivity index (χ1) is 8.33. The van der Waals surface area contributed by atoms with Gasteiger partial charge in [0, 0.05) is 6.04 Å². The first kappa shape index (κ1) is 11.7. The number of nitriles is 1. The number of hydrogen-bond acceptors (Lipinski definition) is 4. The molecule has 0 heterocycles. The highest BCUT2D eigenvalue weighted by molar-refractivity contribution is 5.65. The van der Waals surface area contributed by atoms with Crippen LogP contribution in [-0.2, 0) is 0 Å². The zero-order valence-corrected chi connectivity index (χ0v) is 9.87. The van der Waals surface area contributed by atoms with Gasteiger partial charge in [-0.2, -0.15) is 5.26 Å². The Bertz CT molecular complexity index is 416. The molecule has 0 radical (unpaired) electrons. The van der Waals surface area contributed by atoms with Crippen LogP contribution < -0.4 is 16.6 Å². The van der Waals surface area contributed by atoms with Gasteiger partial charge in [0.15, 0.2) is 0 Å². The van der Waals surface area contributed by atoms with Gasteiger partial charge in [0.05, 0.1) is 16.9 Å². The van der Waals surface area contributed by atoms with E-state index >= 15 is 0 Å². The van der Waals surface area contributed by atoms with Crippen molar-refractivity contribution in [2.24, 2.45) is 5.84 Å². The average molecular weight is 230 g/mol. The molecule has 0 amide bonds. The van der Waals surface area contributed by atoms with Crippen LogP contribution in [0, 0.1) is 11.3 Å². The highest BCUT2D eigenvalue weighted by Gasteiger charge is 2.14. The normalized spacial score (nSPS) is 16.2. The number of benzene rings is 1. The molecule has 4 heteroatoms. The van der Waals surface area contributed by atoms with Crippen LogP contribution in [0.3, 0.4) is 0 Å². The monoisotopic (exact) mass is 230 g/mol. The van der Waals surface area contributed by atoms with E-state index in [2.05, 4.69) is 16.8 Å². The summed E-state index contributed by atoms with van der Waals surface area (Å²) in [5, 5.41) is 12.5. The lowest BCUT2D eigenvalue weighted by molar-refractivity contribution is 0.462. The molecule has 0 saturated heterocycles. The third kappa shape index (κ3) is 2.89. The van der Waals surface area contributed by atoms with E-state index in [1.165, 1.54) is 32.1 Å². The Morgan fingerprint density at radius 3 is 2.65 bits per heavy atom. The van der Waals surface area contributed by atoms with Gasteiger partial charge < -0.3 is 10.7 Å². The van der Waals surface area contributed by atoms with Crippen LogP contribution in [0.4, 0.5) is 11.4 Å². The van der Waals surface area contributed by atoms with Gasteiger partial charge in [-0.3, -0.25) is 5.84 Å². The standard InChI is InChI=1S/C13H18N4/c14-9-10-6-7-12(17-15)8-13(10)16-11-4-2-1-3-5-11/h6-8,11,16-17H,1-5,15H2. The summed E-state index contributed by atoms with van der Waals surface area (Å²) in [7, 11) is 0. The van der Waals surface area contributed by atoms with Gasteiger partial charge in [0.2, 0.25) is 0 Å². The van der Waals surface area contributed by atoms with Gasteiger partial charge in [-0.05, 0) is 31.0 Å². The second-order valence-electron chi connectivity index (χ2n) is 4.50. The van der Waals surface area contributed by atoms with Gasteiger partial charge >= 0.3 is 0 Å². The third-order valence-corrected chi connectivity index (χ3v) is 3.27. The fourth-order valence-corrected chi connectivity index (χ4v) is 2.32. The van der Waals surface area contributed by atoms with E-state index < -0.39 is 0 Å². The van der Waals surface area contributed by atoms with Gasteiger partial charge in [0.25, 0.3) is 0 Å². The maximum Gasteiger partial charge on any atom is 0.101 e. The number of hydrazine groups is 1. The maximum absolute atomic E-state index is 9.07. The minimum Gasteiger partial charge on any atom is -0.381 e. The Balaban J connectivity index is 2.14. The average Bonchev–Trinajstić information content (AvgIpc) is 2.40. The van der Waals surface area contributed by atoms with Crippen molar-refractivity contribution in [3.63, 3.8) is 0 Å². The lowest BCUT2D eigenvalue weighted by atomic mass is 9.95. The number of anilines is 2. The molecule has 0 spiro atoms. The molecule has 1 fully saturated rings. The van der Waals surface area contributed by atoms with Crippen molar-refractivity contribution < 1.29 is 0 Å². The van der Waals surface area contributed by atoms with Crippen LogP contribution in [-0.4, -0.2) is 6.04 Å². The van der Waals surface area contributed by atoms with E-state index in [1.807, 2.05) is 12.1 Å². The number of hydrogen-bond donors (Lipinski definition) is 3. The fraction of sp³-hybridized carbons (Fsp3) is 0.462. The summed E-state index contributed by atoms with van der Waals surface area (Å²) in [6, 6.07) is 8.19. The fourth-order valence-electron chi connectivity index (χ4n) is 2.32. The summed E-state index contributed by atoms with van der Waals surface area (Å²) in [6.07, 6.45) is 6.24. The van der Waals surface area contributed by atoms with Crippen molar-refractivity contribution in [3.05, 3.63) is 23.8 Å². The Hall–Kier alpha value is -1.73. The molecule has 0 aromatic heterocycles. The van der Waals surface area contributed by atoms with Crippen molar-refractivity contribution >= 4 is 11.4 Å². The zero-order chi connectivity index (χ0) is 12.1. The Kier molecular flexibility index (Phi) is 3.84. The van der Waals surface area contributed by atoms with Gasteiger partial charge in [0.1, 0.15) is 6.07 Å². The number of nitrogen functional groups attached to an aromatic ring is 1. The topological polar surface area (TPSA) is 73.9 Å². The molecule has 1 aromatic carbocycles. The van der Waals surface area contributed by atoms with Gasteiger partial charge in [-0.25, -0.2) is 0 Å². The smallest absolute Gasteiger partial charge is 0.101 e. The van der Waals surface area contributed by atoms with E-state index in [1.54, 1.807) is 6.07 Å². The summed E-state index contributed by atoms with van der Waals surface area (Å²) in [6.45, 7) is 0. The van der Waals surface area contributed by atoms with Crippen molar-refractivity contribution in [1.82, 2.24) is 0 Å². The van der Waals surface area contributed by atoms with E-state index in [-0.39, 0.29) is 0 Å². The minimum absolute atomic E-state index is 0.490. The first-order valence-corrected chi connectivity index (χ1v) is 6.11. The van der Waals surface area contributed by atoms with Crippen molar-refractivity contribution in [2.45, 2.75) is 38.1 Å². The molecule has 90 valence electrons. The lowest BCUT2D eigenvalue weighted by Gasteiger charge is -2.24. The zero-order valence-electron chi connectivity index (χ0n) is 9.87. The Morgan fingerprint density at radius 1 is 1.24 bits per heavy atom. The SMILES string of the molecule is N#Cc1ccc(NN)cc1NC1CCCCC1. The van der Waals surface area contributed by atoms with Gasteiger partial charge in [-0.1, -0.05) is 19.3 Å². The Morgan fingerprint density at radius 2 is 2.00 bits per heavy atom. The molecule has 1 saturated carbocycles. The molecule has 0 atom stereocenters. The van der Waals surface area contributed by atoms with Crippen LogP contribution in [0.15, 0.2) is 18.2 Å². The number of nitrogens with two attached hydrogens (primary N) is 1. The molecule has 17 heavy (non-hydrogen) atoms. The molecule has 4 N–H and O–H groups in total.